The van der Waals surface area contributed by atoms with E-state index in [-0.39, 0.29) is 0 Å². The van der Waals surface area contributed by atoms with Gasteiger partial charge in [-0.3, -0.25) is 0 Å². The zero-order valence-corrected chi connectivity index (χ0v) is 12.6. The Morgan fingerprint density at radius 2 is 1.86 bits per heavy atom. The van der Waals surface area contributed by atoms with Crippen molar-refractivity contribution in [2.24, 2.45) is 11.8 Å². The van der Waals surface area contributed by atoms with Crippen LogP contribution in [0.3, 0.4) is 0 Å². The van der Waals surface area contributed by atoms with Crippen LogP contribution in [0.2, 0.25) is 0 Å². The minimum atomic E-state index is 0.590. The summed E-state index contributed by atoms with van der Waals surface area (Å²) in [6.45, 7) is 2.08. The van der Waals surface area contributed by atoms with Gasteiger partial charge in [-0.25, -0.2) is 0 Å². The second-order valence-electron chi connectivity index (χ2n) is 6.40. The van der Waals surface area contributed by atoms with Gasteiger partial charge in [0, 0.05) is 12.6 Å². The molecule has 0 radical (unpaired) electrons. The fraction of sp³-hybridized carbons (Fsp3) is 0.647. The van der Waals surface area contributed by atoms with Crippen molar-refractivity contribution in [3.05, 3.63) is 17.7 Å². The molecular formula is C17H23NO3. The Morgan fingerprint density at radius 3 is 2.52 bits per heavy atom. The second-order valence-corrected chi connectivity index (χ2v) is 6.40. The molecule has 2 saturated carbocycles. The summed E-state index contributed by atoms with van der Waals surface area (Å²) in [5.41, 5.74) is 1.21. The Morgan fingerprint density at radius 1 is 1.14 bits per heavy atom. The van der Waals surface area contributed by atoms with Crippen LogP contribution in [-0.2, 0) is 6.54 Å². The highest BCUT2D eigenvalue weighted by atomic mass is 16.6. The van der Waals surface area contributed by atoms with E-state index in [0.29, 0.717) is 19.3 Å². The summed E-state index contributed by atoms with van der Waals surface area (Å²) >= 11 is 0. The van der Waals surface area contributed by atoms with Gasteiger partial charge in [-0.15, -0.1) is 0 Å². The average Bonchev–Trinajstić information content (AvgIpc) is 3.39. The van der Waals surface area contributed by atoms with Crippen LogP contribution in [0.4, 0.5) is 0 Å². The molecule has 1 aliphatic heterocycles. The summed E-state index contributed by atoms with van der Waals surface area (Å²) in [7, 11) is 1.68. The summed E-state index contributed by atoms with van der Waals surface area (Å²) in [5, 5.41) is 3.77. The Labute approximate surface area is 125 Å². The molecule has 3 aliphatic rings. The summed E-state index contributed by atoms with van der Waals surface area (Å²) < 4.78 is 16.8. The number of nitrogens with one attached hydrogen (secondary N) is 1. The number of methoxy groups -OCH3 is 1. The first-order valence-corrected chi connectivity index (χ1v) is 8.05. The van der Waals surface area contributed by atoms with Crippen LogP contribution >= 0.6 is 0 Å². The third-order valence-corrected chi connectivity index (χ3v) is 4.69. The average molecular weight is 289 g/mol. The number of rotatable bonds is 6. The number of ether oxygens (including phenoxy) is 3. The molecule has 21 heavy (non-hydrogen) atoms. The van der Waals surface area contributed by atoms with E-state index in [1.54, 1.807) is 7.11 Å². The highest BCUT2D eigenvalue weighted by Gasteiger charge is 2.41. The smallest absolute Gasteiger partial charge is 0.203 e. The molecule has 0 aromatic heterocycles. The van der Waals surface area contributed by atoms with Crippen molar-refractivity contribution in [2.45, 2.75) is 38.3 Å². The molecule has 0 spiro atoms. The second kappa shape index (κ2) is 5.41. The van der Waals surface area contributed by atoms with Gasteiger partial charge in [-0.1, -0.05) is 0 Å². The minimum absolute atomic E-state index is 0.590. The lowest BCUT2D eigenvalue weighted by atomic mass is 10.1. The van der Waals surface area contributed by atoms with E-state index in [1.165, 1.54) is 31.2 Å². The third-order valence-electron chi connectivity index (χ3n) is 4.69. The van der Waals surface area contributed by atoms with Gasteiger partial charge < -0.3 is 19.5 Å². The van der Waals surface area contributed by atoms with E-state index in [9.17, 15) is 0 Å². The van der Waals surface area contributed by atoms with Gasteiger partial charge in [0.15, 0.2) is 11.5 Å². The van der Waals surface area contributed by atoms with Crippen LogP contribution < -0.4 is 19.5 Å². The molecule has 0 bridgehead atoms. The number of benzene rings is 1. The maximum atomic E-state index is 5.70. The molecule has 0 unspecified atom stereocenters. The van der Waals surface area contributed by atoms with Gasteiger partial charge in [0.2, 0.25) is 5.75 Å². The molecule has 0 amide bonds. The van der Waals surface area contributed by atoms with Crippen molar-refractivity contribution < 1.29 is 14.2 Å². The highest BCUT2D eigenvalue weighted by molar-refractivity contribution is 5.54. The fourth-order valence-corrected chi connectivity index (χ4v) is 3.29. The molecule has 1 aromatic carbocycles. The first kappa shape index (κ1) is 13.3. The van der Waals surface area contributed by atoms with Crippen molar-refractivity contribution >= 4 is 0 Å². The zero-order valence-electron chi connectivity index (χ0n) is 12.6. The van der Waals surface area contributed by atoms with E-state index in [2.05, 4.69) is 17.4 Å². The van der Waals surface area contributed by atoms with Gasteiger partial charge in [-0.05, 0) is 55.2 Å². The van der Waals surface area contributed by atoms with Gasteiger partial charge >= 0.3 is 0 Å². The summed E-state index contributed by atoms with van der Waals surface area (Å²) in [6.07, 6.45) is 5.61. The topological polar surface area (TPSA) is 39.7 Å². The predicted octanol–water partition coefficient (Wildman–Crippen LogP) is 2.74. The number of fused-ring (bicyclic) bond motifs is 1. The molecule has 1 N–H and O–H groups in total. The molecule has 0 saturated heterocycles. The van der Waals surface area contributed by atoms with Crippen LogP contribution in [0.25, 0.3) is 0 Å². The molecule has 4 nitrogen and oxygen atoms in total. The molecule has 1 aromatic rings. The summed E-state index contributed by atoms with van der Waals surface area (Å²) in [5.74, 6) is 4.16. The highest BCUT2D eigenvalue weighted by Crippen LogP contribution is 2.45. The minimum Gasteiger partial charge on any atom is -0.493 e. The molecule has 2 aliphatic carbocycles. The lowest BCUT2D eigenvalue weighted by Gasteiger charge is -2.22. The van der Waals surface area contributed by atoms with Crippen molar-refractivity contribution in [3.63, 3.8) is 0 Å². The lowest BCUT2D eigenvalue weighted by Crippen LogP contribution is -2.32. The monoisotopic (exact) mass is 289 g/mol. The predicted molar refractivity (Wildman–Crippen MR) is 80.1 cm³/mol. The van der Waals surface area contributed by atoms with Crippen molar-refractivity contribution in [2.75, 3.05) is 20.3 Å². The summed E-state index contributed by atoms with van der Waals surface area (Å²) in [6, 6.07) is 4.86. The Hall–Kier alpha value is -1.42. The SMILES string of the molecule is COc1cc(CNC(C2CC2)C2CC2)cc2c1OCCO2. The van der Waals surface area contributed by atoms with E-state index in [0.717, 1.165) is 35.6 Å². The maximum Gasteiger partial charge on any atom is 0.203 e. The van der Waals surface area contributed by atoms with Gasteiger partial charge in [0.1, 0.15) is 13.2 Å². The molecule has 4 rings (SSSR count). The molecule has 114 valence electrons. The van der Waals surface area contributed by atoms with E-state index in [1.807, 2.05) is 0 Å². The first-order chi connectivity index (χ1) is 10.3. The Balaban J connectivity index is 1.49. The number of hydrogen-bond donors (Lipinski definition) is 1. The molecule has 2 fully saturated rings. The molecular weight excluding hydrogens is 266 g/mol. The van der Waals surface area contributed by atoms with Crippen molar-refractivity contribution in [1.29, 1.82) is 0 Å². The van der Waals surface area contributed by atoms with Crippen LogP contribution in [0.15, 0.2) is 12.1 Å². The van der Waals surface area contributed by atoms with E-state index in [4.69, 9.17) is 14.2 Å². The van der Waals surface area contributed by atoms with Gasteiger partial charge in [-0.2, -0.15) is 0 Å². The Bertz CT molecular complexity index is 494. The van der Waals surface area contributed by atoms with E-state index >= 15 is 0 Å². The fourth-order valence-electron chi connectivity index (χ4n) is 3.29. The molecule has 4 heteroatoms. The van der Waals surface area contributed by atoms with Crippen LogP contribution in [-0.4, -0.2) is 26.4 Å². The first-order valence-electron chi connectivity index (χ1n) is 8.05. The standard InChI is InChI=1S/C17H23NO3/c1-19-14-8-11(9-15-17(14)21-7-6-20-15)10-18-16(12-2-3-12)13-4-5-13/h8-9,12-13,16,18H,2-7,10H2,1H3. The van der Waals surface area contributed by atoms with Crippen molar-refractivity contribution in [1.82, 2.24) is 5.32 Å². The van der Waals surface area contributed by atoms with Crippen LogP contribution in [0.5, 0.6) is 17.2 Å². The molecule has 0 atom stereocenters. The maximum absolute atomic E-state index is 5.70. The summed E-state index contributed by atoms with van der Waals surface area (Å²) in [4.78, 5) is 0. The Kier molecular flexibility index (Phi) is 3.42. The number of hydrogen-bond acceptors (Lipinski definition) is 4. The van der Waals surface area contributed by atoms with Gasteiger partial charge in [0.05, 0.1) is 7.11 Å². The quantitative estimate of drug-likeness (QED) is 0.874. The van der Waals surface area contributed by atoms with Crippen molar-refractivity contribution in [3.8, 4) is 17.2 Å². The zero-order chi connectivity index (χ0) is 14.2. The van der Waals surface area contributed by atoms with Crippen LogP contribution in [0.1, 0.15) is 31.2 Å². The van der Waals surface area contributed by atoms with Gasteiger partial charge in [0.25, 0.3) is 0 Å². The van der Waals surface area contributed by atoms with Crippen LogP contribution in [0, 0.1) is 11.8 Å². The molecule has 1 heterocycles. The lowest BCUT2D eigenvalue weighted by molar-refractivity contribution is 0.165. The third kappa shape index (κ3) is 2.82. The van der Waals surface area contributed by atoms with E-state index < -0.39 is 0 Å². The normalized spacial score (nSPS) is 20.7. The largest absolute Gasteiger partial charge is 0.493 e.